The quantitative estimate of drug-likeness (QED) is 0.806. The van der Waals surface area contributed by atoms with Crippen LogP contribution in [0.3, 0.4) is 0 Å². The van der Waals surface area contributed by atoms with Gasteiger partial charge < -0.3 is 5.11 Å². The monoisotopic (exact) mass is 196 g/mol. The Balaban J connectivity index is 2.82. The van der Waals surface area contributed by atoms with E-state index >= 15 is 0 Å². The number of carboxylic acid groups (broad SMARTS) is 1. The fourth-order valence-corrected chi connectivity index (χ4v) is 1.31. The van der Waals surface area contributed by atoms with Gasteiger partial charge in [0.25, 0.3) is 0 Å². The minimum atomic E-state index is -0.825. The first kappa shape index (κ1) is 10.7. The lowest BCUT2D eigenvalue weighted by Crippen LogP contribution is -2.12. The lowest BCUT2D eigenvalue weighted by Gasteiger charge is -2.08. The van der Waals surface area contributed by atoms with Crippen molar-refractivity contribution in [2.45, 2.75) is 20.3 Å². The van der Waals surface area contributed by atoms with Gasteiger partial charge in [-0.1, -0.05) is 13.0 Å². The molecule has 0 heterocycles. The van der Waals surface area contributed by atoms with Crippen molar-refractivity contribution in [2.75, 3.05) is 0 Å². The highest BCUT2D eigenvalue weighted by atomic mass is 19.1. The van der Waals surface area contributed by atoms with Crippen LogP contribution in [0.25, 0.3) is 0 Å². The molecule has 0 amide bonds. The highest BCUT2D eigenvalue weighted by Gasteiger charge is 2.12. The third-order valence-electron chi connectivity index (χ3n) is 2.25. The molecule has 3 heteroatoms. The molecule has 0 radical (unpaired) electrons. The number of hydrogen-bond acceptors (Lipinski definition) is 1. The molecule has 0 saturated carbocycles. The Morgan fingerprint density at radius 3 is 2.71 bits per heavy atom. The first-order valence-corrected chi connectivity index (χ1v) is 4.48. The van der Waals surface area contributed by atoms with Crippen molar-refractivity contribution in [2.24, 2.45) is 5.92 Å². The minimum absolute atomic E-state index is 0.283. The summed E-state index contributed by atoms with van der Waals surface area (Å²) in [7, 11) is 0. The summed E-state index contributed by atoms with van der Waals surface area (Å²) in [4.78, 5) is 10.6. The molecule has 1 unspecified atom stereocenters. The molecule has 1 atom stereocenters. The highest BCUT2D eigenvalue weighted by Crippen LogP contribution is 2.14. The first-order valence-electron chi connectivity index (χ1n) is 4.48. The number of benzene rings is 1. The summed E-state index contributed by atoms with van der Waals surface area (Å²) in [5.74, 6) is -1.54. The molecule has 1 rings (SSSR count). The van der Waals surface area contributed by atoms with E-state index in [1.165, 1.54) is 12.1 Å². The summed E-state index contributed by atoms with van der Waals surface area (Å²) in [6, 6.07) is 4.42. The van der Waals surface area contributed by atoms with Gasteiger partial charge in [-0.3, -0.25) is 4.79 Å². The molecular formula is C11H13FO2. The van der Waals surface area contributed by atoms with Crippen LogP contribution in [0, 0.1) is 18.7 Å². The summed E-state index contributed by atoms with van der Waals surface area (Å²) in [6.45, 7) is 3.43. The Morgan fingerprint density at radius 2 is 2.21 bits per heavy atom. The predicted octanol–water partition coefficient (Wildman–Crippen LogP) is 2.40. The molecule has 14 heavy (non-hydrogen) atoms. The fraction of sp³-hybridized carbons (Fsp3) is 0.364. The topological polar surface area (TPSA) is 37.3 Å². The lowest BCUT2D eigenvalue weighted by atomic mass is 9.97. The maximum Gasteiger partial charge on any atom is 0.306 e. The fourth-order valence-electron chi connectivity index (χ4n) is 1.31. The second-order valence-corrected chi connectivity index (χ2v) is 3.51. The standard InChI is InChI=1S/C11H13FO2/c1-7-6-10(12)4-3-9(7)5-8(2)11(13)14/h3-4,6,8H,5H2,1-2H3,(H,13,14). The average Bonchev–Trinajstić information content (AvgIpc) is 2.09. The Morgan fingerprint density at radius 1 is 1.57 bits per heavy atom. The first-order chi connectivity index (χ1) is 6.50. The molecule has 0 spiro atoms. The third kappa shape index (κ3) is 2.55. The number of carboxylic acids is 1. The van der Waals surface area contributed by atoms with E-state index in [2.05, 4.69) is 0 Å². The number of halogens is 1. The van der Waals surface area contributed by atoms with Gasteiger partial charge in [0.05, 0.1) is 5.92 Å². The summed E-state index contributed by atoms with van der Waals surface area (Å²) in [5.41, 5.74) is 1.69. The zero-order valence-corrected chi connectivity index (χ0v) is 8.25. The Hall–Kier alpha value is -1.38. The minimum Gasteiger partial charge on any atom is -0.481 e. The maximum atomic E-state index is 12.7. The molecule has 0 aliphatic carbocycles. The van der Waals surface area contributed by atoms with Gasteiger partial charge in [0.2, 0.25) is 0 Å². The van der Waals surface area contributed by atoms with Crippen molar-refractivity contribution in [3.63, 3.8) is 0 Å². The summed E-state index contributed by atoms with van der Waals surface area (Å²) in [6.07, 6.45) is 0.446. The van der Waals surface area contributed by atoms with Crippen LogP contribution in [0.2, 0.25) is 0 Å². The Labute approximate surface area is 82.4 Å². The number of rotatable bonds is 3. The molecule has 1 aromatic rings. The molecule has 0 aliphatic heterocycles. The maximum absolute atomic E-state index is 12.7. The zero-order valence-electron chi connectivity index (χ0n) is 8.25. The van der Waals surface area contributed by atoms with Crippen molar-refractivity contribution in [1.29, 1.82) is 0 Å². The normalized spacial score (nSPS) is 12.5. The van der Waals surface area contributed by atoms with Crippen molar-refractivity contribution in [3.05, 3.63) is 35.1 Å². The van der Waals surface area contributed by atoms with E-state index in [0.717, 1.165) is 11.1 Å². The van der Waals surface area contributed by atoms with Crippen molar-refractivity contribution < 1.29 is 14.3 Å². The van der Waals surface area contributed by atoms with Crippen molar-refractivity contribution >= 4 is 5.97 Å². The van der Waals surface area contributed by atoms with Gasteiger partial charge in [-0.15, -0.1) is 0 Å². The van der Waals surface area contributed by atoms with Crippen LogP contribution in [0.4, 0.5) is 4.39 Å². The molecule has 0 saturated heterocycles. The summed E-state index contributed by atoms with van der Waals surface area (Å²) < 4.78 is 12.7. The summed E-state index contributed by atoms with van der Waals surface area (Å²) >= 11 is 0. The molecule has 0 aliphatic rings. The Bertz CT molecular complexity index is 347. The summed E-state index contributed by atoms with van der Waals surface area (Å²) in [5, 5.41) is 8.71. The van der Waals surface area contributed by atoms with Crippen LogP contribution in [0.5, 0.6) is 0 Å². The zero-order chi connectivity index (χ0) is 10.7. The lowest BCUT2D eigenvalue weighted by molar-refractivity contribution is -0.141. The predicted molar refractivity (Wildman–Crippen MR) is 51.6 cm³/mol. The Kier molecular flexibility index (Phi) is 3.23. The SMILES string of the molecule is Cc1cc(F)ccc1CC(C)C(=O)O. The molecule has 0 fully saturated rings. The second-order valence-electron chi connectivity index (χ2n) is 3.51. The molecule has 1 N–H and O–H groups in total. The van der Waals surface area contributed by atoms with Gasteiger partial charge in [-0.2, -0.15) is 0 Å². The largest absolute Gasteiger partial charge is 0.481 e. The van der Waals surface area contributed by atoms with Gasteiger partial charge in [0.1, 0.15) is 5.82 Å². The number of carbonyl (C=O) groups is 1. The molecule has 0 bridgehead atoms. The number of hydrogen-bond donors (Lipinski definition) is 1. The van der Waals surface area contributed by atoms with Crippen LogP contribution in [-0.2, 0) is 11.2 Å². The highest BCUT2D eigenvalue weighted by molar-refractivity contribution is 5.70. The van der Waals surface area contributed by atoms with E-state index in [0.29, 0.717) is 6.42 Å². The molecule has 1 aromatic carbocycles. The van der Waals surface area contributed by atoms with Crippen LogP contribution in [-0.4, -0.2) is 11.1 Å². The molecule has 76 valence electrons. The van der Waals surface area contributed by atoms with E-state index < -0.39 is 11.9 Å². The molecule has 2 nitrogen and oxygen atoms in total. The van der Waals surface area contributed by atoms with Crippen LogP contribution < -0.4 is 0 Å². The van der Waals surface area contributed by atoms with Gasteiger partial charge >= 0.3 is 5.97 Å². The van der Waals surface area contributed by atoms with Crippen LogP contribution >= 0.6 is 0 Å². The van der Waals surface area contributed by atoms with E-state index in [-0.39, 0.29) is 5.82 Å². The average molecular weight is 196 g/mol. The van der Waals surface area contributed by atoms with E-state index in [4.69, 9.17) is 5.11 Å². The van der Waals surface area contributed by atoms with Crippen molar-refractivity contribution in [1.82, 2.24) is 0 Å². The van der Waals surface area contributed by atoms with Crippen LogP contribution in [0.15, 0.2) is 18.2 Å². The number of aryl methyl sites for hydroxylation is 1. The van der Waals surface area contributed by atoms with Crippen LogP contribution in [0.1, 0.15) is 18.1 Å². The van der Waals surface area contributed by atoms with E-state index in [1.807, 2.05) is 0 Å². The number of aliphatic carboxylic acids is 1. The third-order valence-corrected chi connectivity index (χ3v) is 2.25. The molecular weight excluding hydrogens is 183 g/mol. The second kappa shape index (κ2) is 4.22. The van der Waals surface area contributed by atoms with Gasteiger partial charge in [0.15, 0.2) is 0 Å². The van der Waals surface area contributed by atoms with Gasteiger partial charge in [0, 0.05) is 0 Å². The van der Waals surface area contributed by atoms with Gasteiger partial charge in [-0.05, 0) is 36.6 Å². The van der Waals surface area contributed by atoms with E-state index in [1.54, 1.807) is 19.9 Å². The smallest absolute Gasteiger partial charge is 0.306 e. The van der Waals surface area contributed by atoms with Crippen molar-refractivity contribution in [3.8, 4) is 0 Å². The molecule has 0 aromatic heterocycles. The van der Waals surface area contributed by atoms with E-state index in [9.17, 15) is 9.18 Å². The van der Waals surface area contributed by atoms with Gasteiger partial charge in [-0.25, -0.2) is 4.39 Å².